The van der Waals surface area contributed by atoms with Crippen LogP contribution in [0.15, 0.2) is 77.5 Å². The van der Waals surface area contributed by atoms with Crippen LogP contribution in [-0.4, -0.2) is 31.9 Å². The number of carbonyl (C=O) groups excluding carboxylic acids is 3. The van der Waals surface area contributed by atoms with Crippen molar-refractivity contribution in [1.82, 2.24) is 0 Å². The summed E-state index contributed by atoms with van der Waals surface area (Å²) in [5.41, 5.74) is 1.33. The van der Waals surface area contributed by atoms with Crippen LogP contribution in [0.25, 0.3) is 0 Å². The monoisotopic (exact) mass is 511 g/mol. The molecule has 0 radical (unpaired) electrons. The number of carbonyl (C=O) groups is 3. The van der Waals surface area contributed by atoms with Crippen LogP contribution >= 0.6 is 23.2 Å². The molecule has 0 unspecified atom stereocenters. The molecule has 0 spiro atoms. The van der Waals surface area contributed by atoms with E-state index >= 15 is 0 Å². The Labute approximate surface area is 211 Å². The van der Waals surface area contributed by atoms with Gasteiger partial charge in [0.1, 0.15) is 22.2 Å². The van der Waals surface area contributed by atoms with Crippen molar-refractivity contribution in [3.05, 3.63) is 88.0 Å². The van der Waals surface area contributed by atoms with Crippen molar-refractivity contribution < 1.29 is 23.9 Å². The Hall–Kier alpha value is -4.01. The first-order valence-electron chi connectivity index (χ1n) is 10.3. The predicted octanol–water partition coefficient (Wildman–Crippen LogP) is 5.05. The molecule has 0 fully saturated rings. The number of nitrogens with one attached hydrogen (secondary N) is 2. The molecular formula is C25H19Cl2N3O5. The zero-order valence-electron chi connectivity index (χ0n) is 18.6. The first kappa shape index (κ1) is 24.1. The summed E-state index contributed by atoms with van der Waals surface area (Å²) in [6.07, 6.45) is 0. The molecule has 0 aromatic heterocycles. The van der Waals surface area contributed by atoms with Gasteiger partial charge in [-0.05, 0) is 60.7 Å². The Kier molecular flexibility index (Phi) is 6.95. The van der Waals surface area contributed by atoms with Crippen LogP contribution in [0.3, 0.4) is 0 Å². The summed E-state index contributed by atoms with van der Waals surface area (Å²) < 4.78 is 10.4. The fraction of sp³-hybridized carbons (Fsp3) is 0.0800. The normalized spacial score (nSPS) is 13.2. The maximum atomic E-state index is 13.1. The number of ether oxygens (including phenoxy) is 2. The smallest absolute Gasteiger partial charge is 0.283 e. The zero-order valence-corrected chi connectivity index (χ0v) is 20.1. The van der Waals surface area contributed by atoms with Gasteiger partial charge in [0.25, 0.3) is 17.7 Å². The molecule has 0 saturated carbocycles. The summed E-state index contributed by atoms with van der Waals surface area (Å²) >= 11 is 12.3. The molecule has 35 heavy (non-hydrogen) atoms. The Morgan fingerprint density at radius 1 is 0.857 bits per heavy atom. The molecule has 8 nitrogen and oxygen atoms in total. The minimum atomic E-state index is -0.729. The zero-order chi connectivity index (χ0) is 25.1. The van der Waals surface area contributed by atoms with Crippen molar-refractivity contribution in [2.75, 3.05) is 29.8 Å². The van der Waals surface area contributed by atoms with Gasteiger partial charge in [0.05, 0.1) is 19.9 Å². The highest BCUT2D eigenvalue weighted by Crippen LogP contribution is 2.37. The number of hydrogen-bond acceptors (Lipinski definition) is 6. The summed E-state index contributed by atoms with van der Waals surface area (Å²) in [6, 6.07) is 17.9. The second kappa shape index (κ2) is 10.1. The van der Waals surface area contributed by atoms with E-state index in [1.807, 2.05) is 0 Å². The molecule has 1 aliphatic rings. The minimum Gasteiger partial charge on any atom is -0.497 e. The topological polar surface area (TPSA) is 97.0 Å². The van der Waals surface area contributed by atoms with Gasteiger partial charge in [0.2, 0.25) is 0 Å². The van der Waals surface area contributed by atoms with E-state index in [1.54, 1.807) is 61.7 Å². The van der Waals surface area contributed by atoms with E-state index in [4.69, 9.17) is 32.7 Å². The summed E-state index contributed by atoms with van der Waals surface area (Å²) in [4.78, 5) is 39.6. The van der Waals surface area contributed by atoms with Gasteiger partial charge in [0, 0.05) is 22.0 Å². The lowest BCUT2D eigenvalue weighted by Crippen LogP contribution is -2.32. The van der Waals surface area contributed by atoms with E-state index in [2.05, 4.69) is 10.6 Å². The Bertz CT molecular complexity index is 1360. The van der Waals surface area contributed by atoms with Gasteiger partial charge >= 0.3 is 0 Å². The lowest BCUT2D eigenvalue weighted by molar-refractivity contribution is -0.120. The number of amides is 3. The predicted molar refractivity (Wildman–Crippen MR) is 134 cm³/mol. The highest BCUT2D eigenvalue weighted by molar-refractivity contribution is 6.53. The molecule has 3 aromatic carbocycles. The number of imide groups is 1. The van der Waals surface area contributed by atoms with Crippen LogP contribution in [0.1, 0.15) is 10.4 Å². The molecular weight excluding hydrogens is 493 g/mol. The van der Waals surface area contributed by atoms with Crippen molar-refractivity contribution in [3.63, 3.8) is 0 Å². The third-order valence-electron chi connectivity index (χ3n) is 5.15. The molecule has 0 atom stereocenters. The summed E-state index contributed by atoms with van der Waals surface area (Å²) in [5.74, 6) is -0.835. The van der Waals surface area contributed by atoms with Crippen LogP contribution in [0, 0.1) is 0 Å². The van der Waals surface area contributed by atoms with Crippen molar-refractivity contribution in [2.45, 2.75) is 0 Å². The largest absolute Gasteiger partial charge is 0.497 e. The number of methoxy groups -OCH3 is 2. The Morgan fingerprint density at radius 3 is 2.29 bits per heavy atom. The fourth-order valence-corrected chi connectivity index (χ4v) is 3.81. The van der Waals surface area contributed by atoms with Crippen molar-refractivity contribution >= 4 is 58.0 Å². The second-order valence-electron chi connectivity index (χ2n) is 7.34. The number of nitrogens with zero attached hydrogens (tertiary/aromatic N) is 1. The van der Waals surface area contributed by atoms with Gasteiger partial charge in [-0.2, -0.15) is 0 Å². The van der Waals surface area contributed by atoms with Gasteiger partial charge in [-0.1, -0.05) is 29.3 Å². The average molecular weight is 512 g/mol. The van der Waals surface area contributed by atoms with Crippen molar-refractivity contribution in [1.29, 1.82) is 0 Å². The number of benzene rings is 3. The molecule has 1 aliphatic heterocycles. The maximum absolute atomic E-state index is 13.1. The van der Waals surface area contributed by atoms with Crippen LogP contribution in [0.2, 0.25) is 5.02 Å². The SMILES string of the molecule is COc1ccc(NC(=O)c2cccc(NC3=C(Cl)C(=O)N(c4cc(Cl)ccc4OC)C3=O)c2)cc1. The number of rotatable bonds is 7. The van der Waals surface area contributed by atoms with Gasteiger partial charge < -0.3 is 20.1 Å². The van der Waals surface area contributed by atoms with Crippen molar-refractivity contribution in [2.24, 2.45) is 0 Å². The van der Waals surface area contributed by atoms with Gasteiger partial charge in [-0.15, -0.1) is 0 Å². The third-order valence-corrected chi connectivity index (χ3v) is 5.74. The van der Waals surface area contributed by atoms with Crippen LogP contribution in [0.4, 0.5) is 17.1 Å². The lowest BCUT2D eigenvalue weighted by Gasteiger charge is -2.18. The van der Waals surface area contributed by atoms with E-state index in [9.17, 15) is 14.4 Å². The van der Waals surface area contributed by atoms with Gasteiger partial charge in [-0.3, -0.25) is 14.4 Å². The van der Waals surface area contributed by atoms with Gasteiger partial charge in [-0.25, -0.2) is 4.90 Å². The molecule has 178 valence electrons. The first-order valence-corrected chi connectivity index (χ1v) is 11.0. The Morgan fingerprint density at radius 2 is 1.60 bits per heavy atom. The second-order valence-corrected chi connectivity index (χ2v) is 8.15. The lowest BCUT2D eigenvalue weighted by atomic mass is 10.1. The molecule has 0 aliphatic carbocycles. The molecule has 3 amide bonds. The number of hydrogen-bond donors (Lipinski definition) is 2. The molecule has 10 heteroatoms. The molecule has 1 heterocycles. The standard InChI is InChI=1S/C25H19Cl2N3O5/c1-34-18-9-7-16(8-10-18)29-23(31)14-4-3-5-17(12-14)28-22-21(27)24(32)30(25(22)33)19-13-15(26)6-11-20(19)35-2/h3-13,28H,1-2H3,(H,29,31). The van der Waals surface area contributed by atoms with E-state index in [0.717, 1.165) is 4.90 Å². The Balaban J connectivity index is 1.55. The van der Waals surface area contributed by atoms with E-state index in [-0.39, 0.29) is 28.1 Å². The van der Waals surface area contributed by atoms with Crippen LogP contribution < -0.4 is 25.0 Å². The minimum absolute atomic E-state index is 0.133. The highest BCUT2D eigenvalue weighted by atomic mass is 35.5. The molecule has 2 N–H and O–H groups in total. The average Bonchev–Trinajstić information content (AvgIpc) is 3.07. The fourth-order valence-electron chi connectivity index (χ4n) is 3.43. The van der Waals surface area contributed by atoms with E-state index < -0.39 is 11.8 Å². The summed E-state index contributed by atoms with van der Waals surface area (Å²) in [6.45, 7) is 0. The van der Waals surface area contributed by atoms with Crippen molar-refractivity contribution in [3.8, 4) is 11.5 Å². The van der Waals surface area contributed by atoms with E-state index in [1.165, 1.54) is 19.2 Å². The van der Waals surface area contributed by atoms with Crippen LogP contribution in [-0.2, 0) is 9.59 Å². The van der Waals surface area contributed by atoms with Gasteiger partial charge in [0.15, 0.2) is 0 Å². The molecule has 0 bridgehead atoms. The first-order chi connectivity index (χ1) is 16.8. The highest BCUT2D eigenvalue weighted by Gasteiger charge is 2.40. The number of halogens is 2. The third kappa shape index (κ3) is 4.94. The summed E-state index contributed by atoms with van der Waals surface area (Å²) in [5, 5.41) is 5.66. The maximum Gasteiger partial charge on any atom is 0.283 e. The van der Waals surface area contributed by atoms with Crippen LogP contribution in [0.5, 0.6) is 11.5 Å². The molecule has 4 rings (SSSR count). The quantitative estimate of drug-likeness (QED) is 0.431. The molecule has 3 aromatic rings. The molecule has 0 saturated heterocycles. The number of anilines is 3. The van der Waals surface area contributed by atoms with E-state index in [0.29, 0.717) is 27.7 Å². The summed E-state index contributed by atoms with van der Waals surface area (Å²) in [7, 11) is 2.97.